The lowest BCUT2D eigenvalue weighted by Gasteiger charge is -2.30. The van der Waals surface area contributed by atoms with Gasteiger partial charge in [0.2, 0.25) is 5.89 Å². The van der Waals surface area contributed by atoms with Crippen LogP contribution in [0.1, 0.15) is 42.2 Å². The third kappa shape index (κ3) is 3.08. The van der Waals surface area contributed by atoms with E-state index in [1.807, 2.05) is 18.2 Å². The summed E-state index contributed by atoms with van der Waals surface area (Å²) in [6.07, 6.45) is 0. The summed E-state index contributed by atoms with van der Waals surface area (Å²) in [7, 11) is 0. The number of hydrogen-bond donors (Lipinski definition) is 2. The van der Waals surface area contributed by atoms with Crippen molar-refractivity contribution in [2.24, 2.45) is 0 Å². The Labute approximate surface area is 141 Å². The lowest BCUT2D eigenvalue weighted by molar-refractivity contribution is 0.0178. The summed E-state index contributed by atoms with van der Waals surface area (Å²) in [6.45, 7) is 6.24. The third-order valence-electron chi connectivity index (χ3n) is 4.88. The molecular weight excluding hydrogens is 306 g/mol. The van der Waals surface area contributed by atoms with Crippen molar-refractivity contribution in [3.63, 3.8) is 0 Å². The SMILES string of the molecule is CC(c1noc(C2CNNC2c2ccccc2)n1)N1CCOCC1. The van der Waals surface area contributed by atoms with Crippen LogP contribution in [0.4, 0.5) is 0 Å². The van der Waals surface area contributed by atoms with Crippen molar-refractivity contribution in [2.75, 3.05) is 32.8 Å². The van der Waals surface area contributed by atoms with E-state index in [0.717, 1.165) is 38.7 Å². The fourth-order valence-corrected chi connectivity index (χ4v) is 3.40. The van der Waals surface area contributed by atoms with E-state index in [0.29, 0.717) is 5.89 Å². The largest absolute Gasteiger partial charge is 0.379 e. The van der Waals surface area contributed by atoms with Gasteiger partial charge in [-0.1, -0.05) is 35.5 Å². The van der Waals surface area contributed by atoms with Gasteiger partial charge >= 0.3 is 0 Å². The highest BCUT2D eigenvalue weighted by Crippen LogP contribution is 2.33. The molecule has 1 aromatic carbocycles. The predicted molar refractivity (Wildman–Crippen MR) is 88.2 cm³/mol. The molecule has 7 nitrogen and oxygen atoms in total. The van der Waals surface area contributed by atoms with Crippen LogP contribution in [0.3, 0.4) is 0 Å². The summed E-state index contributed by atoms with van der Waals surface area (Å²) in [4.78, 5) is 7.03. The van der Waals surface area contributed by atoms with Crippen LogP contribution in [-0.2, 0) is 4.74 Å². The third-order valence-corrected chi connectivity index (χ3v) is 4.88. The Bertz CT molecular complexity index is 656. The molecule has 7 heteroatoms. The van der Waals surface area contributed by atoms with E-state index in [1.54, 1.807) is 0 Å². The van der Waals surface area contributed by atoms with Crippen molar-refractivity contribution in [1.82, 2.24) is 25.9 Å². The molecule has 128 valence electrons. The van der Waals surface area contributed by atoms with Crippen molar-refractivity contribution < 1.29 is 9.26 Å². The smallest absolute Gasteiger partial charge is 0.233 e. The van der Waals surface area contributed by atoms with Crippen LogP contribution < -0.4 is 10.9 Å². The van der Waals surface area contributed by atoms with Crippen molar-refractivity contribution in [2.45, 2.75) is 24.9 Å². The van der Waals surface area contributed by atoms with Gasteiger partial charge in [-0.2, -0.15) is 4.98 Å². The number of ether oxygens (including phenoxy) is 1. The molecule has 2 aliphatic rings. The zero-order valence-electron chi connectivity index (χ0n) is 13.8. The van der Waals surface area contributed by atoms with Gasteiger partial charge < -0.3 is 9.26 Å². The highest BCUT2D eigenvalue weighted by molar-refractivity contribution is 5.23. The average Bonchev–Trinajstić information content (AvgIpc) is 3.32. The highest BCUT2D eigenvalue weighted by atomic mass is 16.5. The molecule has 0 amide bonds. The topological polar surface area (TPSA) is 75.5 Å². The van der Waals surface area contributed by atoms with Crippen molar-refractivity contribution in [3.8, 4) is 0 Å². The Hall–Kier alpha value is -1.80. The molecule has 1 aromatic heterocycles. The second-order valence-corrected chi connectivity index (χ2v) is 6.34. The standard InChI is InChI=1S/C17H23N5O2/c1-12(22-7-9-23-10-8-22)16-19-17(24-21-16)14-11-18-20-15(14)13-5-3-2-4-6-13/h2-6,12,14-15,18,20H,7-11H2,1H3. The van der Waals surface area contributed by atoms with E-state index in [-0.39, 0.29) is 18.0 Å². The molecule has 2 fully saturated rings. The minimum absolute atomic E-state index is 0.130. The molecular formula is C17H23N5O2. The van der Waals surface area contributed by atoms with Gasteiger partial charge in [-0.25, -0.2) is 5.43 Å². The first-order valence-corrected chi connectivity index (χ1v) is 8.51. The molecule has 0 spiro atoms. The maximum atomic E-state index is 5.61. The molecule has 2 aromatic rings. The molecule has 0 bridgehead atoms. The number of hydrogen-bond acceptors (Lipinski definition) is 7. The first-order chi connectivity index (χ1) is 11.8. The van der Waals surface area contributed by atoms with Crippen LogP contribution in [0.2, 0.25) is 0 Å². The number of hydrazine groups is 1. The summed E-state index contributed by atoms with van der Waals surface area (Å²) in [5.41, 5.74) is 7.75. The molecule has 24 heavy (non-hydrogen) atoms. The normalized spacial score (nSPS) is 26.5. The molecule has 3 atom stereocenters. The van der Waals surface area contributed by atoms with Gasteiger partial charge in [0.1, 0.15) is 0 Å². The number of nitrogens with one attached hydrogen (secondary N) is 2. The summed E-state index contributed by atoms with van der Waals surface area (Å²) < 4.78 is 11.0. The van der Waals surface area contributed by atoms with Gasteiger partial charge in [0, 0.05) is 19.6 Å². The van der Waals surface area contributed by atoms with Crippen LogP contribution in [0.25, 0.3) is 0 Å². The molecule has 3 heterocycles. The quantitative estimate of drug-likeness (QED) is 0.878. The maximum Gasteiger partial charge on any atom is 0.233 e. The van der Waals surface area contributed by atoms with Crippen molar-refractivity contribution >= 4 is 0 Å². The molecule has 2 N–H and O–H groups in total. The Morgan fingerprint density at radius 1 is 1.21 bits per heavy atom. The summed E-state index contributed by atoms with van der Waals surface area (Å²) in [5, 5.41) is 4.24. The van der Waals surface area contributed by atoms with Gasteiger partial charge in [0.05, 0.1) is 31.2 Å². The minimum atomic E-state index is 0.130. The fourth-order valence-electron chi connectivity index (χ4n) is 3.40. The highest BCUT2D eigenvalue weighted by Gasteiger charge is 2.34. The number of morpholine rings is 1. The van der Waals surface area contributed by atoms with E-state index in [1.165, 1.54) is 5.56 Å². The average molecular weight is 329 g/mol. The van der Waals surface area contributed by atoms with E-state index >= 15 is 0 Å². The van der Waals surface area contributed by atoms with E-state index in [2.05, 4.69) is 40.0 Å². The second-order valence-electron chi connectivity index (χ2n) is 6.34. The van der Waals surface area contributed by atoms with Crippen molar-refractivity contribution in [3.05, 3.63) is 47.6 Å². The number of benzene rings is 1. The second kappa shape index (κ2) is 6.98. The molecule has 0 saturated carbocycles. The van der Waals surface area contributed by atoms with Gasteiger partial charge in [-0.3, -0.25) is 10.3 Å². The molecule has 3 unspecified atom stereocenters. The molecule has 4 rings (SSSR count). The van der Waals surface area contributed by atoms with E-state index in [9.17, 15) is 0 Å². The molecule has 2 aliphatic heterocycles. The maximum absolute atomic E-state index is 5.61. The fraction of sp³-hybridized carbons (Fsp3) is 0.529. The Kier molecular flexibility index (Phi) is 4.57. The number of nitrogens with zero attached hydrogens (tertiary/aromatic N) is 3. The Morgan fingerprint density at radius 3 is 2.79 bits per heavy atom. The van der Waals surface area contributed by atoms with Crippen LogP contribution in [-0.4, -0.2) is 47.9 Å². The number of rotatable bonds is 4. The minimum Gasteiger partial charge on any atom is -0.379 e. The monoisotopic (exact) mass is 329 g/mol. The van der Waals surface area contributed by atoms with Crippen LogP contribution in [0.15, 0.2) is 34.9 Å². The molecule has 2 saturated heterocycles. The lowest BCUT2D eigenvalue weighted by Crippen LogP contribution is -2.38. The van der Waals surface area contributed by atoms with Crippen LogP contribution in [0.5, 0.6) is 0 Å². The predicted octanol–water partition coefficient (Wildman–Crippen LogP) is 1.40. The summed E-state index contributed by atoms with van der Waals surface area (Å²) in [6, 6.07) is 10.6. The first-order valence-electron chi connectivity index (χ1n) is 8.51. The van der Waals surface area contributed by atoms with Gasteiger partial charge in [-0.05, 0) is 12.5 Å². The van der Waals surface area contributed by atoms with Crippen LogP contribution in [0, 0.1) is 0 Å². The molecule has 0 radical (unpaired) electrons. The van der Waals surface area contributed by atoms with Gasteiger partial charge in [-0.15, -0.1) is 0 Å². The Balaban J connectivity index is 1.51. The van der Waals surface area contributed by atoms with Crippen molar-refractivity contribution in [1.29, 1.82) is 0 Å². The van der Waals surface area contributed by atoms with Crippen LogP contribution >= 0.6 is 0 Å². The Morgan fingerprint density at radius 2 is 2.00 bits per heavy atom. The summed E-state index contributed by atoms with van der Waals surface area (Å²) in [5.74, 6) is 1.58. The van der Waals surface area contributed by atoms with E-state index < -0.39 is 0 Å². The van der Waals surface area contributed by atoms with Gasteiger partial charge in [0.15, 0.2) is 5.82 Å². The zero-order chi connectivity index (χ0) is 16.4. The molecule has 0 aliphatic carbocycles. The lowest BCUT2D eigenvalue weighted by atomic mass is 9.95. The van der Waals surface area contributed by atoms with Gasteiger partial charge in [0.25, 0.3) is 0 Å². The first kappa shape index (κ1) is 15.7. The van der Waals surface area contributed by atoms with E-state index in [4.69, 9.17) is 14.2 Å². The zero-order valence-corrected chi connectivity index (χ0v) is 13.8. The number of aromatic nitrogens is 2. The summed E-state index contributed by atoms with van der Waals surface area (Å²) >= 11 is 0.